The number of aryl methyl sites for hydroxylation is 1. The summed E-state index contributed by atoms with van der Waals surface area (Å²) in [5.74, 6) is 0.104. The zero-order valence-corrected chi connectivity index (χ0v) is 12.2. The van der Waals surface area contributed by atoms with E-state index in [1.807, 2.05) is 6.92 Å². The van der Waals surface area contributed by atoms with Gasteiger partial charge in [-0.25, -0.2) is 9.38 Å². The Morgan fingerprint density at radius 1 is 1.41 bits per heavy atom. The first kappa shape index (κ1) is 14.3. The van der Waals surface area contributed by atoms with Crippen LogP contribution < -0.4 is 5.56 Å². The number of nitrogens with one attached hydrogen (secondary N) is 1. The predicted octanol–water partition coefficient (Wildman–Crippen LogP) is 0.218. The number of rotatable bonds is 5. The van der Waals surface area contributed by atoms with Crippen LogP contribution in [0.4, 0.5) is 0 Å². The van der Waals surface area contributed by atoms with Gasteiger partial charge in [-0.2, -0.15) is 4.98 Å². The number of carbonyl (C=O) groups excluding carboxylic acids is 1. The average molecular weight is 305 g/mol. The molecule has 0 radical (unpaired) electrons. The van der Waals surface area contributed by atoms with Crippen molar-refractivity contribution in [2.75, 3.05) is 13.2 Å². The van der Waals surface area contributed by atoms with Crippen LogP contribution in [-0.2, 0) is 21.0 Å². The van der Waals surface area contributed by atoms with E-state index in [4.69, 9.17) is 9.47 Å². The van der Waals surface area contributed by atoms with Gasteiger partial charge in [0.25, 0.3) is 5.56 Å². The highest BCUT2D eigenvalue weighted by molar-refractivity contribution is 5.71. The molecule has 3 rings (SSSR count). The number of hydrogen-bond donors (Lipinski definition) is 1. The number of fused-ring (bicyclic) bond motifs is 2. The molecule has 0 bridgehead atoms. The third-order valence-corrected chi connectivity index (χ3v) is 3.07. The third kappa shape index (κ3) is 2.58. The molecule has 3 aromatic heterocycles. The number of esters is 1. The summed E-state index contributed by atoms with van der Waals surface area (Å²) in [6.07, 6.45) is 3.18. The SMILES string of the molecule is CC(=O)OCCOCn1cnc2c(=O)n3cc(C)[nH]c3nc21. The predicted molar refractivity (Wildman–Crippen MR) is 76.4 cm³/mol. The third-order valence-electron chi connectivity index (χ3n) is 3.07. The second kappa shape index (κ2) is 5.60. The molecule has 0 aliphatic carbocycles. The molecule has 22 heavy (non-hydrogen) atoms. The van der Waals surface area contributed by atoms with Crippen LogP contribution in [0.25, 0.3) is 16.9 Å². The maximum atomic E-state index is 12.3. The van der Waals surface area contributed by atoms with Gasteiger partial charge in [0.1, 0.15) is 13.3 Å². The molecule has 0 amide bonds. The van der Waals surface area contributed by atoms with E-state index in [9.17, 15) is 9.59 Å². The van der Waals surface area contributed by atoms with Gasteiger partial charge in [0.05, 0.1) is 12.9 Å². The van der Waals surface area contributed by atoms with E-state index in [0.717, 1.165) is 5.69 Å². The first-order valence-electron chi connectivity index (χ1n) is 6.70. The van der Waals surface area contributed by atoms with Crippen LogP contribution >= 0.6 is 0 Å². The van der Waals surface area contributed by atoms with Gasteiger partial charge < -0.3 is 14.5 Å². The van der Waals surface area contributed by atoms with E-state index >= 15 is 0 Å². The summed E-state index contributed by atoms with van der Waals surface area (Å²) in [4.78, 5) is 34.4. The molecule has 0 aliphatic heterocycles. The number of nitrogens with zero attached hydrogens (tertiary/aromatic N) is 4. The summed E-state index contributed by atoms with van der Waals surface area (Å²) < 4.78 is 13.2. The normalized spacial score (nSPS) is 11.4. The van der Waals surface area contributed by atoms with Crippen molar-refractivity contribution in [3.05, 3.63) is 28.6 Å². The van der Waals surface area contributed by atoms with E-state index in [-0.39, 0.29) is 37.0 Å². The molecular weight excluding hydrogens is 290 g/mol. The van der Waals surface area contributed by atoms with Gasteiger partial charge in [-0.1, -0.05) is 0 Å². The lowest BCUT2D eigenvalue weighted by molar-refractivity contribution is -0.142. The van der Waals surface area contributed by atoms with Gasteiger partial charge in [0.2, 0.25) is 5.78 Å². The minimum atomic E-state index is -0.351. The van der Waals surface area contributed by atoms with Crippen molar-refractivity contribution in [2.45, 2.75) is 20.6 Å². The van der Waals surface area contributed by atoms with Crippen LogP contribution in [0.3, 0.4) is 0 Å². The van der Waals surface area contributed by atoms with Gasteiger partial charge in [-0.3, -0.25) is 14.2 Å². The first-order valence-corrected chi connectivity index (χ1v) is 6.70. The Hall–Kier alpha value is -2.68. The molecule has 0 spiro atoms. The van der Waals surface area contributed by atoms with Gasteiger partial charge in [-0.15, -0.1) is 0 Å². The average Bonchev–Trinajstić information content (AvgIpc) is 3.02. The largest absolute Gasteiger partial charge is 0.463 e. The highest BCUT2D eigenvalue weighted by Gasteiger charge is 2.12. The second-order valence-corrected chi connectivity index (χ2v) is 4.81. The van der Waals surface area contributed by atoms with Crippen molar-refractivity contribution in [3.8, 4) is 0 Å². The number of H-pyrrole nitrogens is 1. The monoisotopic (exact) mass is 305 g/mol. The number of carbonyl (C=O) groups is 1. The van der Waals surface area contributed by atoms with Gasteiger partial charge in [0, 0.05) is 18.8 Å². The Balaban J connectivity index is 1.82. The lowest BCUT2D eigenvalue weighted by atomic mass is 10.5. The van der Waals surface area contributed by atoms with Crippen LogP contribution in [0.15, 0.2) is 17.3 Å². The number of aromatic amines is 1. The topological polar surface area (TPSA) is 104 Å². The fourth-order valence-corrected chi connectivity index (χ4v) is 2.12. The molecule has 0 aliphatic rings. The Bertz CT molecular complexity index is 891. The van der Waals surface area contributed by atoms with E-state index in [2.05, 4.69) is 15.0 Å². The Kier molecular flexibility index (Phi) is 3.63. The van der Waals surface area contributed by atoms with Crippen molar-refractivity contribution in [1.82, 2.24) is 23.9 Å². The van der Waals surface area contributed by atoms with Gasteiger partial charge in [-0.05, 0) is 6.92 Å². The smallest absolute Gasteiger partial charge is 0.302 e. The standard InChI is InChI=1S/C13H15N5O4/c1-8-5-18-12(20)10-11(16-13(18)15-8)17(6-14-10)7-21-3-4-22-9(2)19/h5-6H,3-4,7H2,1-2H3,(H,15,16). The number of hydrogen-bond acceptors (Lipinski definition) is 6. The maximum Gasteiger partial charge on any atom is 0.302 e. The highest BCUT2D eigenvalue weighted by Crippen LogP contribution is 2.08. The molecule has 3 aromatic rings. The minimum absolute atomic E-state index is 0.167. The Morgan fingerprint density at radius 3 is 3.00 bits per heavy atom. The van der Waals surface area contributed by atoms with Gasteiger partial charge in [0.15, 0.2) is 11.2 Å². The zero-order chi connectivity index (χ0) is 15.7. The van der Waals surface area contributed by atoms with Crippen LogP contribution in [0.5, 0.6) is 0 Å². The fraction of sp³-hybridized carbons (Fsp3) is 0.385. The lowest BCUT2D eigenvalue weighted by Crippen LogP contribution is -2.15. The molecule has 0 unspecified atom stereocenters. The Morgan fingerprint density at radius 2 is 2.23 bits per heavy atom. The molecule has 9 heteroatoms. The van der Waals surface area contributed by atoms with Crippen LogP contribution in [0, 0.1) is 6.92 Å². The summed E-state index contributed by atoms with van der Waals surface area (Å²) in [7, 11) is 0. The van der Waals surface area contributed by atoms with Crippen LogP contribution in [0.2, 0.25) is 0 Å². The molecule has 0 fully saturated rings. The molecular formula is C13H15N5O4. The number of imidazole rings is 2. The summed E-state index contributed by atoms with van der Waals surface area (Å²) in [5, 5.41) is 0. The van der Waals surface area contributed by atoms with Crippen LogP contribution in [-0.4, -0.2) is 43.1 Å². The van der Waals surface area contributed by atoms with Gasteiger partial charge >= 0.3 is 5.97 Å². The zero-order valence-electron chi connectivity index (χ0n) is 12.2. The summed E-state index contributed by atoms with van der Waals surface area (Å²) in [5.41, 5.74) is 1.32. The number of aromatic nitrogens is 5. The lowest BCUT2D eigenvalue weighted by Gasteiger charge is -2.05. The van der Waals surface area contributed by atoms with Crippen molar-refractivity contribution in [2.24, 2.45) is 0 Å². The number of ether oxygens (including phenoxy) is 2. The minimum Gasteiger partial charge on any atom is -0.463 e. The quantitative estimate of drug-likeness (QED) is 0.534. The molecule has 1 N–H and O–H groups in total. The van der Waals surface area contributed by atoms with Crippen molar-refractivity contribution >= 4 is 22.9 Å². The second-order valence-electron chi connectivity index (χ2n) is 4.81. The van der Waals surface area contributed by atoms with E-state index < -0.39 is 0 Å². The van der Waals surface area contributed by atoms with E-state index in [1.165, 1.54) is 17.7 Å². The molecule has 0 atom stereocenters. The Labute approximate surface area is 124 Å². The molecule has 3 heterocycles. The molecule has 0 aromatic carbocycles. The first-order chi connectivity index (χ1) is 10.6. The summed E-state index contributed by atoms with van der Waals surface area (Å²) in [6.45, 7) is 3.78. The molecule has 0 saturated heterocycles. The van der Waals surface area contributed by atoms with Crippen molar-refractivity contribution in [1.29, 1.82) is 0 Å². The van der Waals surface area contributed by atoms with E-state index in [0.29, 0.717) is 11.4 Å². The highest BCUT2D eigenvalue weighted by atomic mass is 16.6. The van der Waals surface area contributed by atoms with Crippen molar-refractivity contribution < 1.29 is 14.3 Å². The summed E-state index contributed by atoms with van der Waals surface area (Å²) >= 11 is 0. The van der Waals surface area contributed by atoms with E-state index in [1.54, 1.807) is 10.8 Å². The molecule has 116 valence electrons. The summed E-state index contributed by atoms with van der Waals surface area (Å²) in [6, 6.07) is 0. The molecule has 0 saturated carbocycles. The van der Waals surface area contributed by atoms with Crippen molar-refractivity contribution in [3.63, 3.8) is 0 Å². The maximum absolute atomic E-state index is 12.3. The fourth-order valence-electron chi connectivity index (χ4n) is 2.12. The van der Waals surface area contributed by atoms with Crippen LogP contribution in [0.1, 0.15) is 12.6 Å². The molecule has 9 nitrogen and oxygen atoms in total.